The quantitative estimate of drug-likeness (QED) is 0.550. The van der Waals surface area contributed by atoms with Gasteiger partial charge in [-0.1, -0.05) is 30.3 Å². The number of anilines is 2. The first-order valence-corrected chi connectivity index (χ1v) is 7.25. The smallest absolute Gasteiger partial charge is 0.0724 e. The Morgan fingerprint density at radius 3 is 2.67 bits per heavy atom. The first-order valence-electron chi connectivity index (χ1n) is 7.25. The number of aryl methyl sites for hydroxylation is 1. The molecule has 3 heteroatoms. The molecular formula is C18H19N3. The van der Waals surface area contributed by atoms with Crippen molar-refractivity contribution in [3.8, 4) is 0 Å². The molecule has 106 valence electrons. The van der Waals surface area contributed by atoms with Crippen molar-refractivity contribution in [1.29, 1.82) is 0 Å². The molecule has 0 bridgehead atoms. The molecule has 21 heavy (non-hydrogen) atoms. The van der Waals surface area contributed by atoms with Crippen LogP contribution in [0.2, 0.25) is 0 Å². The van der Waals surface area contributed by atoms with Crippen LogP contribution in [0.5, 0.6) is 0 Å². The molecule has 2 aromatic carbocycles. The second-order valence-corrected chi connectivity index (χ2v) is 5.11. The average Bonchev–Trinajstić information content (AvgIpc) is 2.55. The summed E-state index contributed by atoms with van der Waals surface area (Å²) in [6, 6.07) is 18.5. The van der Waals surface area contributed by atoms with E-state index in [0.717, 1.165) is 41.7 Å². The standard InChI is InChI=1S/C18H19N3/c19-18-15-9-5-13-20-16(15)10-11-17(18)21-12-4-8-14-6-2-1-3-7-14/h1-3,5-7,9-11,13,21H,4,8,12,19H2. The predicted molar refractivity (Wildman–Crippen MR) is 89.4 cm³/mol. The van der Waals surface area contributed by atoms with E-state index in [1.807, 2.05) is 30.3 Å². The van der Waals surface area contributed by atoms with E-state index in [0.29, 0.717) is 0 Å². The summed E-state index contributed by atoms with van der Waals surface area (Å²) in [4.78, 5) is 4.31. The molecule has 0 saturated carbocycles. The molecule has 0 aliphatic heterocycles. The molecule has 3 rings (SSSR count). The number of benzene rings is 2. The SMILES string of the molecule is Nc1c(NCCCc2ccccc2)ccc2ncccc12. The Balaban J connectivity index is 1.62. The zero-order valence-electron chi connectivity index (χ0n) is 11.9. The van der Waals surface area contributed by atoms with Gasteiger partial charge in [-0.15, -0.1) is 0 Å². The number of aromatic nitrogens is 1. The highest BCUT2D eigenvalue weighted by atomic mass is 14.9. The van der Waals surface area contributed by atoms with Gasteiger partial charge in [0.1, 0.15) is 0 Å². The summed E-state index contributed by atoms with van der Waals surface area (Å²) in [6.07, 6.45) is 3.94. The Kier molecular flexibility index (Phi) is 4.01. The summed E-state index contributed by atoms with van der Waals surface area (Å²) in [5, 5.41) is 4.43. The van der Waals surface area contributed by atoms with Crippen LogP contribution < -0.4 is 11.1 Å². The van der Waals surface area contributed by atoms with Crippen LogP contribution in [-0.4, -0.2) is 11.5 Å². The maximum atomic E-state index is 6.21. The number of nitrogen functional groups attached to an aromatic ring is 1. The maximum absolute atomic E-state index is 6.21. The largest absolute Gasteiger partial charge is 0.397 e. The lowest BCUT2D eigenvalue weighted by Gasteiger charge is -2.11. The predicted octanol–water partition coefficient (Wildman–Crippen LogP) is 3.86. The molecule has 0 spiro atoms. The van der Waals surface area contributed by atoms with Gasteiger partial charge in [0, 0.05) is 18.1 Å². The topological polar surface area (TPSA) is 50.9 Å². The number of nitrogens with zero attached hydrogens (tertiary/aromatic N) is 1. The second-order valence-electron chi connectivity index (χ2n) is 5.11. The fraction of sp³-hybridized carbons (Fsp3) is 0.167. The summed E-state index contributed by atoms with van der Waals surface area (Å²) in [5.41, 5.74) is 10.3. The minimum Gasteiger partial charge on any atom is -0.397 e. The summed E-state index contributed by atoms with van der Waals surface area (Å²) >= 11 is 0. The number of hydrogen-bond donors (Lipinski definition) is 2. The van der Waals surface area contributed by atoms with Crippen molar-refractivity contribution in [3.05, 3.63) is 66.4 Å². The van der Waals surface area contributed by atoms with E-state index in [9.17, 15) is 0 Å². The number of nitrogens with two attached hydrogens (primary N) is 1. The summed E-state index contributed by atoms with van der Waals surface area (Å²) in [7, 11) is 0. The molecule has 3 nitrogen and oxygen atoms in total. The Morgan fingerprint density at radius 2 is 1.81 bits per heavy atom. The number of fused-ring (bicyclic) bond motifs is 1. The monoisotopic (exact) mass is 277 g/mol. The van der Waals surface area contributed by atoms with Gasteiger partial charge in [0.05, 0.1) is 16.9 Å². The summed E-state index contributed by atoms with van der Waals surface area (Å²) in [5.74, 6) is 0. The molecule has 0 aliphatic carbocycles. The molecule has 0 atom stereocenters. The number of nitrogens with one attached hydrogen (secondary N) is 1. The highest BCUT2D eigenvalue weighted by molar-refractivity contribution is 5.96. The Hall–Kier alpha value is -2.55. The van der Waals surface area contributed by atoms with Crippen LogP contribution >= 0.6 is 0 Å². The zero-order valence-corrected chi connectivity index (χ0v) is 11.9. The van der Waals surface area contributed by atoms with E-state index >= 15 is 0 Å². The molecule has 3 N–H and O–H groups in total. The highest BCUT2D eigenvalue weighted by Crippen LogP contribution is 2.27. The van der Waals surface area contributed by atoms with Crippen LogP contribution in [0.15, 0.2) is 60.8 Å². The van der Waals surface area contributed by atoms with E-state index in [4.69, 9.17) is 5.73 Å². The molecule has 0 radical (unpaired) electrons. The number of hydrogen-bond acceptors (Lipinski definition) is 3. The highest BCUT2D eigenvalue weighted by Gasteiger charge is 2.04. The molecule has 0 fully saturated rings. The van der Waals surface area contributed by atoms with Crippen LogP contribution in [0.4, 0.5) is 11.4 Å². The van der Waals surface area contributed by atoms with Crippen molar-refractivity contribution in [2.24, 2.45) is 0 Å². The molecule has 0 saturated heterocycles. The van der Waals surface area contributed by atoms with Crippen molar-refractivity contribution >= 4 is 22.3 Å². The zero-order chi connectivity index (χ0) is 14.5. The lowest BCUT2D eigenvalue weighted by atomic mass is 10.1. The van der Waals surface area contributed by atoms with Crippen molar-refractivity contribution in [2.75, 3.05) is 17.6 Å². The number of rotatable bonds is 5. The van der Waals surface area contributed by atoms with Crippen LogP contribution in [0.3, 0.4) is 0 Å². The van der Waals surface area contributed by atoms with Crippen molar-refractivity contribution in [1.82, 2.24) is 4.98 Å². The molecular weight excluding hydrogens is 258 g/mol. The van der Waals surface area contributed by atoms with Crippen LogP contribution in [0, 0.1) is 0 Å². The lowest BCUT2D eigenvalue weighted by molar-refractivity contribution is 0.863. The third-order valence-electron chi connectivity index (χ3n) is 3.63. The molecule has 0 amide bonds. The molecule has 0 unspecified atom stereocenters. The van der Waals surface area contributed by atoms with Crippen LogP contribution in [0.25, 0.3) is 10.9 Å². The van der Waals surface area contributed by atoms with Gasteiger partial charge in [0.25, 0.3) is 0 Å². The van der Waals surface area contributed by atoms with Gasteiger partial charge >= 0.3 is 0 Å². The van der Waals surface area contributed by atoms with E-state index in [2.05, 4.69) is 34.6 Å². The maximum Gasteiger partial charge on any atom is 0.0724 e. The molecule has 3 aromatic rings. The Bertz CT molecular complexity index is 723. The molecule has 1 heterocycles. The average molecular weight is 277 g/mol. The van der Waals surface area contributed by atoms with E-state index in [1.165, 1.54) is 5.56 Å². The van der Waals surface area contributed by atoms with Gasteiger partial charge in [0.2, 0.25) is 0 Å². The number of pyridine rings is 1. The first-order chi connectivity index (χ1) is 10.3. The van der Waals surface area contributed by atoms with E-state index in [-0.39, 0.29) is 0 Å². The second kappa shape index (κ2) is 6.27. The normalized spacial score (nSPS) is 10.7. The van der Waals surface area contributed by atoms with Gasteiger partial charge in [-0.05, 0) is 42.7 Å². The molecule has 1 aromatic heterocycles. The van der Waals surface area contributed by atoms with Crippen molar-refractivity contribution < 1.29 is 0 Å². The van der Waals surface area contributed by atoms with Crippen LogP contribution in [0.1, 0.15) is 12.0 Å². The summed E-state index contributed by atoms with van der Waals surface area (Å²) < 4.78 is 0. The van der Waals surface area contributed by atoms with E-state index in [1.54, 1.807) is 6.20 Å². The Labute approximate surface area is 124 Å². The Morgan fingerprint density at radius 1 is 0.952 bits per heavy atom. The lowest BCUT2D eigenvalue weighted by Crippen LogP contribution is -2.05. The van der Waals surface area contributed by atoms with Gasteiger partial charge in [-0.2, -0.15) is 0 Å². The fourth-order valence-electron chi connectivity index (χ4n) is 2.49. The fourth-order valence-corrected chi connectivity index (χ4v) is 2.49. The third kappa shape index (κ3) is 3.14. The van der Waals surface area contributed by atoms with Gasteiger partial charge in [-0.25, -0.2) is 0 Å². The van der Waals surface area contributed by atoms with Crippen LogP contribution in [-0.2, 0) is 6.42 Å². The minimum absolute atomic E-state index is 0.778. The van der Waals surface area contributed by atoms with Gasteiger partial charge in [-0.3, -0.25) is 4.98 Å². The summed E-state index contributed by atoms with van der Waals surface area (Å²) in [6.45, 7) is 0.908. The van der Waals surface area contributed by atoms with Gasteiger partial charge in [0.15, 0.2) is 0 Å². The first kappa shape index (κ1) is 13.4. The van der Waals surface area contributed by atoms with Crippen molar-refractivity contribution in [2.45, 2.75) is 12.8 Å². The van der Waals surface area contributed by atoms with Crippen molar-refractivity contribution in [3.63, 3.8) is 0 Å². The van der Waals surface area contributed by atoms with E-state index < -0.39 is 0 Å². The third-order valence-corrected chi connectivity index (χ3v) is 3.63. The minimum atomic E-state index is 0.778. The molecule has 0 aliphatic rings. The van der Waals surface area contributed by atoms with Gasteiger partial charge < -0.3 is 11.1 Å².